The van der Waals surface area contributed by atoms with Crippen molar-refractivity contribution in [3.8, 4) is 0 Å². The Morgan fingerprint density at radius 3 is 2.53 bits per heavy atom. The molecule has 1 heterocycles. The molecule has 6 heteroatoms. The second-order valence-corrected chi connectivity index (χ2v) is 4.15. The van der Waals surface area contributed by atoms with Crippen molar-refractivity contribution in [2.75, 3.05) is 17.7 Å². The summed E-state index contributed by atoms with van der Waals surface area (Å²) in [7, 11) is 1.67. The zero-order chi connectivity index (χ0) is 14.0. The highest BCUT2D eigenvalue weighted by atomic mass is 19.1. The van der Waals surface area contributed by atoms with Gasteiger partial charge in [-0.3, -0.25) is 0 Å². The zero-order valence-corrected chi connectivity index (χ0v) is 10.9. The Labute approximate surface area is 109 Å². The van der Waals surface area contributed by atoms with Crippen LogP contribution in [0.5, 0.6) is 0 Å². The zero-order valence-electron chi connectivity index (χ0n) is 10.9. The van der Waals surface area contributed by atoms with Gasteiger partial charge in [0.1, 0.15) is 17.3 Å². The molecule has 19 heavy (non-hydrogen) atoms. The van der Waals surface area contributed by atoms with Gasteiger partial charge in [0.2, 0.25) is 5.95 Å². The maximum atomic E-state index is 13.9. The Hall–Kier alpha value is -2.24. The number of aromatic nitrogens is 2. The smallest absolute Gasteiger partial charge is 0.224 e. The fraction of sp³-hybridized carbons (Fsp3) is 0.231. The molecule has 0 saturated carbocycles. The fourth-order valence-electron chi connectivity index (χ4n) is 1.58. The summed E-state index contributed by atoms with van der Waals surface area (Å²) in [6.07, 6.45) is 1.58. The van der Waals surface area contributed by atoms with Crippen LogP contribution < -0.4 is 10.6 Å². The molecule has 0 saturated heterocycles. The summed E-state index contributed by atoms with van der Waals surface area (Å²) in [5.74, 6) is -0.541. The third-order valence-electron chi connectivity index (χ3n) is 2.72. The van der Waals surface area contributed by atoms with Crippen molar-refractivity contribution in [3.63, 3.8) is 0 Å². The van der Waals surface area contributed by atoms with Crippen LogP contribution in [-0.4, -0.2) is 17.0 Å². The highest BCUT2D eigenvalue weighted by Gasteiger charge is 2.13. The van der Waals surface area contributed by atoms with Crippen LogP contribution in [-0.2, 0) is 0 Å². The molecule has 0 spiro atoms. The minimum Gasteiger partial charge on any atom is -0.357 e. The molecule has 2 aromatic rings. The van der Waals surface area contributed by atoms with Gasteiger partial charge in [0.15, 0.2) is 5.82 Å². The Morgan fingerprint density at radius 1 is 1.11 bits per heavy atom. The van der Waals surface area contributed by atoms with E-state index in [9.17, 15) is 8.78 Å². The van der Waals surface area contributed by atoms with E-state index in [0.29, 0.717) is 22.9 Å². The predicted molar refractivity (Wildman–Crippen MR) is 70.7 cm³/mol. The van der Waals surface area contributed by atoms with Crippen LogP contribution in [0.15, 0.2) is 18.3 Å². The molecular formula is C13H14F2N4. The highest BCUT2D eigenvalue weighted by molar-refractivity contribution is 5.62. The predicted octanol–water partition coefficient (Wildman–Crippen LogP) is 3.16. The van der Waals surface area contributed by atoms with E-state index in [1.165, 1.54) is 12.1 Å². The monoisotopic (exact) mass is 264 g/mol. The van der Waals surface area contributed by atoms with Gasteiger partial charge >= 0.3 is 0 Å². The summed E-state index contributed by atoms with van der Waals surface area (Å²) in [6, 6.07) is 2.61. The van der Waals surface area contributed by atoms with E-state index in [2.05, 4.69) is 20.6 Å². The molecule has 100 valence electrons. The molecule has 0 aliphatic rings. The standard InChI is InChI=1S/C13H14F2N4/c1-7-4-5-9(14)11(10(7)15)18-12-8(2)6-17-13(16-3)19-12/h4-6H,1-3H3,(H2,16,17,18,19). The van der Waals surface area contributed by atoms with Crippen LogP contribution in [0.4, 0.5) is 26.2 Å². The molecule has 2 rings (SSSR count). The van der Waals surface area contributed by atoms with Crippen LogP contribution in [0, 0.1) is 25.5 Å². The molecule has 0 aliphatic heterocycles. The lowest BCUT2D eigenvalue weighted by molar-refractivity contribution is 0.584. The lowest BCUT2D eigenvalue weighted by atomic mass is 10.2. The molecule has 0 bridgehead atoms. The Morgan fingerprint density at radius 2 is 1.84 bits per heavy atom. The maximum Gasteiger partial charge on any atom is 0.224 e. The summed E-state index contributed by atoms with van der Waals surface area (Å²) in [5, 5.41) is 5.45. The number of nitrogens with one attached hydrogen (secondary N) is 2. The molecule has 0 atom stereocenters. The van der Waals surface area contributed by atoms with E-state index in [-0.39, 0.29) is 5.69 Å². The van der Waals surface area contributed by atoms with E-state index < -0.39 is 11.6 Å². The third kappa shape index (κ3) is 2.62. The highest BCUT2D eigenvalue weighted by Crippen LogP contribution is 2.26. The minimum atomic E-state index is -0.660. The quantitative estimate of drug-likeness (QED) is 0.894. The van der Waals surface area contributed by atoms with E-state index >= 15 is 0 Å². The van der Waals surface area contributed by atoms with Crippen molar-refractivity contribution < 1.29 is 8.78 Å². The number of anilines is 3. The van der Waals surface area contributed by atoms with Gasteiger partial charge in [0.05, 0.1) is 0 Å². The van der Waals surface area contributed by atoms with Gasteiger partial charge in [-0.2, -0.15) is 4.98 Å². The molecule has 0 radical (unpaired) electrons. The summed E-state index contributed by atoms with van der Waals surface area (Å²) in [4.78, 5) is 8.14. The van der Waals surface area contributed by atoms with E-state index in [0.717, 1.165) is 0 Å². The first-order chi connectivity index (χ1) is 9.02. The van der Waals surface area contributed by atoms with Gasteiger partial charge in [-0.15, -0.1) is 0 Å². The average Bonchev–Trinajstić information content (AvgIpc) is 2.41. The van der Waals surface area contributed by atoms with Crippen LogP contribution in [0.2, 0.25) is 0 Å². The number of rotatable bonds is 3. The lowest BCUT2D eigenvalue weighted by Gasteiger charge is -2.12. The number of hydrogen-bond donors (Lipinski definition) is 2. The normalized spacial score (nSPS) is 10.4. The van der Waals surface area contributed by atoms with Crippen molar-refractivity contribution in [1.29, 1.82) is 0 Å². The van der Waals surface area contributed by atoms with Crippen molar-refractivity contribution in [1.82, 2.24) is 9.97 Å². The number of halogens is 2. The molecule has 1 aromatic heterocycles. The summed E-state index contributed by atoms with van der Waals surface area (Å²) in [5.41, 5.74) is 0.854. The van der Waals surface area contributed by atoms with Crippen LogP contribution in [0.25, 0.3) is 0 Å². The first-order valence-corrected chi connectivity index (χ1v) is 5.76. The van der Waals surface area contributed by atoms with Crippen molar-refractivity contribution in [2.45, 2.75) is 13.8 Å². The van der Waals surface area contributed by atoms with Crippen molar-refractivity contribution >= 4 is 17.5 Å². The topological polar surface area (TPSA) is 49.8 Å². The van der Waals surface area contributed by atoms with Crippen molar-refractivity contribution in [2.24, 2.45) is 0 Å². The third-order valence-corrected chi connectivity index (χ3v) is 2.72. The molecule has 1 aromatic carbocycles. The second-order valence-electron chi connectivity index (χ2n) is 4.15. The molecule has 0 fully saturated rings. The molecular weight excluding hydrogens is 250 g/mol. The van der Waals surface area contributed by atoms with E-state index in [1.54, 1.807) is 27.1 Å². The van der Waals surface area contributed by atoms with Gasteiger partial charge in [-0.25, -0.2) is 13.8 Å². The number of aryl methyl sites for hydroxylation is 2. The average molecular weight is 264 g/mol. The molecule has 2 N–H and O–H groups in total. The summed E-state index contributed by atoms with van der Waals surface area (Å²) >= 11 is 0. The lowest BCUT2D eigenvalue weighted by Crippen LogP contribution is -2.05. The van der Waals surface area contributed by atoms with Gasteiger partial charge in [-0.05, 0) is 25.5 Å². The van der Waals surface area contributed by atoms with Gasteiger partial charge < -0.3 is 10.6 Å². The van der Waals surface area contributed by atoms with Gasteiger partial charge in [0, 0.05) is 18.8 Å². The van der Waals surface area contributed by atoms with Crippen LogP contribution in [0.1, 0.15) is 11.1 Å². The first kappa shape index (κ1) is 13.2. The number of hydrogen-bond acceptors (Lipinski definition) is 4. The Kier molecular flexibility index (Phi) is 3.59. The van der Waals surface area contributed by atoms with E-state index in [4.69, 9.17) is 0 Å². The first-order valence-electron chi connectivity index (χ1n) is 5.76. The SMILES string of the molecule is CNc1ncc(C)c(Nc2c(F)ccc(C)c2F)n1. The number of benzene rings is 1. The molecule has 0 unspecified atom stereocenters. The molecule has 4 nitrogen and oxygen atoms in total. The Balaban J connectivity index is 2.44. The van der Waals surface area contributed by atoms with E-state index in [1.807, 2.05) is 0 Å². The van der Waals surface area contributed by atoms with Gasteiger partial charge in [0.25, 0.3) is 0 Å². The summed E-state index contributed by atoms with van der Waals surface area (Å²) < 4.78 is 27.6. The largest absolute Gasteiger partial charge is 0.357 e. The number of nitrogens with zero attached hydrogens (tertiary/aromatic N) is 2. The van der Waals surface area contributed by atoms with Crippen LogP contribution >= 0.6 is 0 Å². The maximum absolute atomic E-state index is 13.9. The molecule has 0 amide bonds. The van der Waals surface area contributed by atoms with Gasteiger partial charge in [-0.1, -0.05) is 6.07 Å². The molecule has 0 aliphatic carbocycles. The van der Waals surface area contributed by atoms with Crippen LogP contribution in [0.3, 0.4) is 0 Å². The Bertz CT molecular complexity index is 614. The summed E-state index contributed by atoms with van der Waals surface area (Å²) in [6.45, 7) is 3.33. The minimum absolute atomic E-state index is 0.205. The second kappa shape index (κ2) is 5.17. The fourth-order valence-corrected chi connectivity index (χ4v) is 1.58. The van der Waals surface area contributed by atoms with Crippen molar-refractivity contribution in [3.05, 3.63) is 41.1 Å².